The number of benzene rings is 1. The van der Waals surface area contributed by atoms with Gasteiger partial charge in [-0.05, 0) is 43.4 Å². The Balaban J connectivity index is 1.45. The summed E-state index contributed by atoms with van der Waals surface area (Å²) < 4.78 is 0.966. The van der Waals surface area contributed by atoms with E-state index in [4.69, 9.17) is 11.6 Å². The van der Waals surface area contributed by atoms with Gasteiger partial charge in [0.25, 0.3) is 0 Å². The summed E-state index contributed by atoms with van der Waals surface area (Å²) >= 11 is 9.74. The lowest BCUT2D eigenvalue weighted by molar-refractivity contribution is -0.133. The number of H-pyrrole nitrogens is 1. The summed E-state index contributed by atoms with van der Waals surface area (Å²) in [5.74, 6) is 0.328. The number of likely N-dealkylation sites (tertiary alicyclic amines) is 1. The number of nitrogens with zero attached hydrogens (tertiary/aromatic N) is 2. The van der Waals surface area contributed by atoms with Crippen LogP contribution in [0, 0.1) is 5.92 Å². The van der Waals surface area contributed by atoms with Gasteiger partial charge in [0.15, 0.2) is 0 Å². The van der Waals surface area contributed by atoms with Crippen molar-refractivity contribution in [3.05, 3.63) is 51.0 Å². The summed E-state index contributed by atoms with van der Waals surface area (Å²) in [6, 6.07) is 6.20. The van der Waals surface area contributed by atoms with Crippen molar-refractivity contribution >= 4 is 33.4 Å². The third-order valence-electron chi connectivity index (χ3n) is 5.23. The molecule has 1 amide bonds. The lowest BCUT2D eigenvalue weighted by Gasteiger charge is -2.31. The minimum absolute atomic E-state index is 0.0480. The third kappa shape index (κ3) is 3.00. The number of aromatic amines is 1. The SMILES string of the molecule is O=C1C(Cc2ccc(Br)cc2Cl)CCN1C1CCc2nc[nH]c2C1. The van der Waals surface area contributed by atoms with Crippen molar-refractivity contribution in [3.63, 3.8) is 0 Å². The van der Waals surface area contributed by atoms with E-state index in [9.17, 15) is 4.79 Å². The fraction of sp³-hybridized carbons (Fsp3) is 0.444. The van der Waals surface area contributed by atoms with E-state index in [1.165, 1.54) is 5.69 Å². The summed E-state index contributed by atoms with van der Waals surface area (Å²) in [6.07, 6.45) is 6.26. The number of carbonyl (C=O) groups excluding carboxylic acids is 1. The number of rotatable bonds is 3. The van der Waals surface area contributed by atoms with Crippen molar-refractivity contribution in [1.29, 1.82) is 0 Å². The molecule has 2 aliphatic rings. The van der Waals surface area contributed by atoms with Gasteiger partial charge in [0.1, 0.15) is 0 Å². The molecule has 1 aliphatic heterocycles. The number of imidazole rings is 1. The minimum atomic E-state index is 0.0480. The van der Waals surface area contributed by atoms with Gasteiger partial charge in [-0.2, -0.15) is 0 Å². The van der Waals surface area contributed by atoms with Gasteiger partial charge in [-0.3, -0.25) is 4.79 Å². The van der Waals surface area contributed by atoms with Crippen molar-refractivity contribution in [2.24, 2.45) is 5.92 Å². The van der Waals surface area contributed by atoms with Crippen LogP contribution in [0.3, 0.4) is 0 Å². The van der Waals surface area contributed by atoms with Crippen LogP contribution in [-0.2, 0) is 24.1 Å². The summed E-state index contributed by atoms with van der Waals surface area (Å²) in [6.45, 7) is 0.853. The Morgan fingerprint density at radius 1 is 1.38 bits per heavy atom. The van der Waals surface area contributed by atoms with Gasteiger partial charge in [0.05, 0.1) is 12.0 Å². The van der Waals surface area contributed by atoms with Crippen LogP contribution in [0.4, 0.5) is 0 Å². The molecule has 4 nitrogen and oxygen atoms in total. The van der Waals surface area contributed by atoms with E-state index in [-0.39, 0.29) is 11.8 Å². The summed E-state index contributed by atoms with van der Waals surface area (Å²) in [5.41, 5.74) is 3.41. The maximum absolute atomic E-state index is 12.9. The van der Waals surface area contributed by atoms with E-state index < -0.39 is 0 Å². The number of hydrogen-bond acceptors (Lipinski definition) is 2. The van der Waals surface area contributed by atoms with Gasteiger partial charge >= 0.3 is 0 Å². The zero-order valence-corrected chi connectivity index (χ0v) is 15.6. The van der Waals surface area contributed by atoms with E-state index in [1.54, 1.807) is 6.33 Å². The highest BCUT2D eigenvalue weighted by molar-refractivity contribution is 9.10. The van der Waals surface area contributed by atoms with Crippen LogP contribution in [0.5, 0.6) is 0 Å². The second-order valence-electron chi connectivity index (χ2n) is 6.68. The summed E-state index contributed by atoms with van der Waals surface area (Å²) in [7, 11) is 0. The predicted octanol–water partition coefficient (Wildman–Crippen LogP) is 3.77. The quantitative estimate of drug-likeness (QED) is 0.840. The number of halogens is 2. The molecule has 6 heteroatoms. The molecule has 2 unspecified atom stereocenters. The largest absolute Gasteiger partial charge is 0.348 e. The smallest absolute Gasteiger partial charge is 0.226 e. The molecule has 1 aliphatic carbocycles. The van der Waals surface area contributed by atoms with E-state index in [1.807, 2.05) is 18.2 Å². The summed E-state index contributed by atoms with van der Waals surface area (Å²) in [5, 5.41) is 0.732. The van der Waals surface area contributed by atoms with Gasteiger partial charge in [-0.25, -0.2) is 4.98 Å². The molecule has 126 valence electrons. The molecule has 1 fully saturated rings. The molecule has 0 spiro atoms. The first-order chi connectivity index (χ1) is 11.6. The average Bonchev–Trinajstić information content (AvgIpc) is 3.16. The number of aryl methyl sites for hydroxylation is 1. The van der Waals surface area contributed by atoms with Crippen LogP contribution in [0.25, 0.3) is 0 Å². The number of hydrogen-bond donors (Lipinski definition) is 1. The average molecular weight is 409 g/mol. The molecule has 1 aromatic carbocycles. The van der Waals surface area contributed by atoms with Crippen molar-refractivity contribution in [3.8, 4) is 0 Å². The molecule has 24 heavy (non-hydrogen) atoms. The van der Waals surface area contributed by atoms with E-state index in [0.29, 0.717) is 6.04 Å². The van der Waals surface area contributed by atoms with Crippen LogP contribution < -0.4 is 0 Å². The Hall–Kier alpha value is -1.33. The number of fused-ring (bicyclic) bond motifs is 1. The molecule has 2 aromatic rings. The van der Waals surface area contributed by atoms with Gasteiger partial charge in [0, 0.05) is 40.1 Å². The van der Waals surface area contributed by atoms with Crippen molar-refractivity contribution in [2.75, 3.05) is 6.54 Å². The normalized spacial score (nSPS) is 23.6. The first-order valence-corrected chi connectivity index (χ1v) is 9.54. The Labute approximate surface area is 154 Å². The van der Waals surface area contributed by atoms with Crippen molar-refractivity contribution in [2.45, 2.75) is 38.1 Å². The van der Waals surface area contributed by atoms with Crippen LogP contribution in [0.15, 0.2) is 29.0 Å². The fourth-order valence-electron chi connectivity index (χ4n) is 3.92. The second kappa shape index (κ2) is 6.52. The Morgan fingerprint density at radius 2 is 2.25 bits per heavy atom. The van der Waals surface area contributed by atoms with Gasteiger partial charge in [-0.1, -0.05) is 33.6 Å². The molecule has 0 radical (unpaired) electrons. The Bertz CT molecular complexity index is 775. The number of amides is 1. The van der Waals surface area contributed by atoms with Gasteiger partial charge < -0.3 is 9.88 Å². The van der Waals surface area contributed by atoms with Crippen LogP contribution >= 0.6 is 27.5 Å². The lowest BCUT2D eigenvalue weighted by Crippen LogP contribution is -2.41. The number of aromatic nitrogens is 2. The lowest BCUT2D eigenvalue weighted by atomic mass is 9.94. The summed E-state index contributed by atoms with van der Waals surface area (Å²) in [4.78, 5) is 22.5. The highest BCUT2D eigenvalue weighted by atomic mass is 79.9. The molecule has 2 heterocycles. The standard InChI is InChI=1S/C18H19BrClN3O/c19-13-2-1-11(15(20)8-13)7-12-5-6-23(18(12)24)14-3-4-16-17(9-14)22-10-21-16/h1-2,8,10,12,14H,3-7,9H2,(H,21,22). The van der Waals surface area contributed by atoms with Gasteiger partial charge in [0.2, 0.25) is 5.91 Å². The van der Waals surface area contributed by atoms with Crippen LogP contribution in [0.1, 0.15) is 29.8 Å². The minimum Gasteiger partial charge on any atom is -0.348 e. The Kier molecular flexibility index (Phi) is 4.39. The molecular formula is C18H19BrClN3O. The van der Waals surface area contributed by atoms with Gasteiger partial charge in [-0.15, -0.1) is 0 Å². The molecule has 1 aromatic heterocycles. The molecule has 0 saturated carbocycles. The molecule has 0 bridgehead atoms. The third-order valence-corrected chi connectivity index (χ3v) is 6.08. The highest BCUT2D eigenvalue weighted by Crippen LogP contribution is 2.31. The molecule has 2 atom stereocenters. The van der Waals surface area contributed by atoms with E-state index >= 15 is 0 Å². The van der Waals surface area contributed by atoms with Crippen molar-refractivity contribution in [1.82, 2.24) is 14.9 Å². The second-order valence-corrected chi connectivity index (χ2v) is 8.00. The molecule has 1 saturated heterocycles. The highest BCUT2D eigenvalue weighted by Gasteiger charge is 2.37. The first kappa shape index (κ1) is 16.2. The van der Waals surface area contributed by atoms with Crippen LogP contribution in [0.2, 0.25) is 5.02 Å². The zero-order chi connectivity index (χ0) is 16.7. The first-order valence-electron chi connectivity index (χ1n) is 8.37. The molecular weight excluding hydrogens is 390 g/mol. The topological polar surface area (TPSA) is 49.0 Å². The monoisotopic (exact) mass is 407 g/mol. The zero-order valence-electron chi connectivity index (χ0n) is 13.3. The van der Waals surface area contributed by atoms with E-state index in [2.05, 4.69) is 30.8 Å². The fourth-order valence-corrected chi connectivity index (χ4v) is 4.67. The van der Waals surface area contributed by atoms with E-state index in [0.717, 1.165) is 59.4 Å². The van der Waals surface area contributed by atoms with Crippen molar-refractivity contribution < 1.29 is 4.79 Å². The predicted molar refractivity (Wildman–Crippen MR) is 97.1 cm³/mol. The van der Waals surface area contributed by atoms with Crippen LogP contribution in [-0.4, -0.2) is 33.4 Å². The number of carbonyl (C=O) groups is 1. The molecule has 1 N–H and O–H groups in total. The molecule has 4 rings (SSSR count). The Morgan fingerprint density at radius 3 is 3.08 bits per heavy atom. The maximum Gasteiger partial charge on any atom is 0.226 e. The number of nitrogens with one attached hydrogen (secondary N) is 1. The maximum atomic E-state index is 12.9.